The molecule has 2 aliphatic heterocycles. The molecule has 9 amide bonds. The maximum absolute atomic E-state index is 14.2. The summed E-state index contributed by atoms with van der Waals surface area (Å²) in [7, 11) is 8.38. The maximum Gasteiger partial charge on any atom is 0.243 e. The van der Waals surface area contributed by atoms with Gasteiger partial charge in [-0.15, -0.1) is 0 Å². The van der Waals surface area contributed by atoms with Gasteiger partial charge >= 0.3 is 0 Å². The molecule has 8 atom stereocenters. The minimum atomic E-state index is -0.892. The second-order valence-electron chi connectivity index (χ2n) is 20.7. The summed E-state index contributed by atoms with van der Waals surface area (Å²) in [6.07, 6.45) is 1.27. The van der Waals surface area contributed by atoms with E-state index >= 15 is 0 Å². The average Bonchev–Trinajstić information content (AvgIpc) is 4.02. The number of anilines is 1. The van der Waals surface area contributed by atoms with Crippen LogP contribution in [0.15, 0.2) is 29.2 Å². The topological polar surface area (TPSA) is 273 Å². The van der Waals surface area contributed by atoms with Gasteiger partial charge in [0.1, 0.15) is 6.04 Å². The molecular formula is C54H89N9O14S. The Morgan fingerprint density at radius 1 is 0.744 bits per heavy atom. The molecule has 78 heavy (non-hydrogen) atoms. The molecule has 23 nitrogen and oxygen atoms in total. The highest BCUT2D eigenvalue weighted by molar-refractivity contribution is 7.98. The van der Waals surface area contributed by atoms with Crippen molar-refractivity contribution in [2.45, 2.75) is 135 Å². The lowest BCUT2D eigenvalue weighted by atomic mass is 9.90. The highest BCUT2D eigenvalue weighted by atomic mass is 32.2. The van der Waals surface area contributed by atoms with Crippen LogP contribution in [0.25, 0.3) is 0 Å². The summed E-state index contributed by atoms with van der Waals surface area (Å²) in [5.74, 6) is -3.72. The van der Waals surface area contributed by atoms with E-state index in [2.05, 4.69) is 26.0 Å². The van der Waals surface area contributed by atoms with Gasteiger partial charge in [0.15, 0.2) is 0 Å². The number of likely N-dealkylation sites (N-methyl/N-ethyl adjacent to an activating group) is 2. The third-order valence-corrected chi connectivity index (χ3v) is 14.9. The zero-order valence-electron chi connectivity index (χ0n) is 48.0. The molecule has 2 heterocycles. The van der Waals surface area contributed by atoms with E-state index in [0.29, 0.717) is 43.0 Å². The quantitative estimate of drug-likeness (QED) is 0.0366. The minimum Gasteiger partial charge on any atom is -0.379 e. The van der Waals surface area contributed by atoms with Gasteiger partial charge in [0.2, 0.25) is 53.2 Å². The summed E-state index contributed by atoms with van der Waals surface area (Å²) in [6.45, 7) is 14.8. The molecule has 2 fully saturated rings. The van der Waals surface area contributed by atoms with Crippen molar-refractivity contribution in [2.24, 2.45) is 23.7 Å². The Bertz CT molecular complexity index is 2090. The van der Waals surface area contributed by atoms with Gasteiger partial charge in [-0.3, -0.25) is 57.7 Å². The first-order valence-electron chi connectivity index (χ1n) is 27.1. The van der Waals surface area contributed by atoms with Gasteiger partial charge in [-0.05, 0) is 80.9 Å². The average molecular weight is 1120 g/mol. The van der Waals surface area contributed by atoms with Crippen molar-refractivity contribution in [3.63, 3.8) is 0 Å². The number of benzene rings is 1. The molecule has 1 aromatic rings. The number of methoxy groups -OCH3 is 2. The van der Waals surface area contributed by atoms with Crippen LogP contribution in [-0.4, -0.2) is 210 Å². The van der Waals surface area contributed by atoms with E-state index in [1.54, 1.807) is 61.9 Å². The molecule has 0 saturated carbocycles. The SMILES string of the molecule is CC[C@H](C)[C@@H]([C@@H](CC(=O)N1CCC[C@H]1[C@H](OC)[C@@H](C)C(=O)NSc1ccc(NC(=O)CNC(=O)C(NC(=O)CCOCCOCCOCCN2C(=O)CCC2=O)C(C)C)cc1)OC)N(C)C(=O)CNC(=O)C(C(C)C)N(C)C. The fourth-order valence-corrected chi connectivity index (χ4v) is 10.3. The molecule has 3 rings (SSSR count). The van der Waals surface area contributed by atoms with Gasteiger partial charge in [0, 0.05) is 57.7 Å². The van der Waals surface area contributed by atoms with E-state index in [1.165, 1.54) is 19.1 Å². The fraction of sp³-hybridized carbons (Fsp3) is 0.722. The van der Waals surface area contributed by atoms with Crippen LogP contribution < -0.4 is 26.0 Å². The number of likely N-dealkylation sites (tertiary alicyclic amines) is 2. The normalized spacial score (nSPS) is 17.3. The predicted octanol–water partition coefficient (Wildman–Crippen LogP) is 2.22. The number of amides is 9. The molecule has 2 unspecified atom stereocenters. The number of imide groups is 1. The molecular weight excluding hydrogens is 1030 g/mol. The van der Waals surface area contributed by atoms with Gasteiger partial charge in [-0.2, -0.15) is 0 Å². The molecule has 2 aliphatic rings. The van der Waals surface area contributed by atoms with Crippen LogP contribution >= 0.6 is 11.9 Å². The molecule has 2 saturated heterocycles. The summed E-state index contributed by atoms with van der Waals surface area (Å²) < 4.78 is 31.1. The van der Waals surface area contributed by atoms with Crippen LogP contribution in [0.1, 0.15) is 93.4 Å². The third-order valence-electron chi connectivity index (χ3n) is 14.1. The Labute approximate surface area is 465 Å². The van der Waals surface area contributed by atoms with Crippen LogP contribution in [-0.2, 0) is 66.8 Å². The van der Waals surface area contributed by atoms with Gasteiger partial charge in [0.05, 0.1) is 102 Å². The number of rotatable bonds is 36. The Morgan fingerprint density at radius 2 is 1.35 bits per heavy atom. The molecule has 440 valence electrons. The van der Waals surface area contributed by atoms with Crippen LogP contribution in [0.4, 0.5) is 5.69 Å². The van der Waals surface area contributed by atoms with Gasteiger partial charge in [-0.25, -0.2) is 0 Å². The summed E-state index contributed by atoms with van der Waals surface area (Å²) in [5, 5.41) is 10.8. The number of carbonyl (C=O) groups excluding carboxylic acids is 9. The minimum absolute atomic E-state index is 0.00399. The first kappa shape index (κ1) is 67.0. The maximum atomic E-state index is 14.2. The lowest BCUT2D eigenvalue weighted by Crippen LogP contribution is -2.55. The van der Waals surface area contributed by atoms with E-state index in [0.717, 1.165) is 11.9 Å². The molecule has 5 N–H and O–H groups in total. The van der Waals surface area contributed by atoms with Crippen molar-refractivity contribution < 1.29 is 66.8 Å². The first-order chi connectivity index (χ1) is 37.1. The molecule has 24 heteroatoms. The Kier molecular flexibility index (Phi) is 29.8. The summed E-state index contributed by atoms with van der Waals surface area (Å²) in [6, 6.07) is 4.60. The van der Waals surface area contributed by atoms with Crippen molar-refractivity contribution in [3.8, 4) is 0 Å². The lowest BCUT2D eigenvalue weighted by Gasteiger charge is -2.39. The number of ether oxygens (including phenoxy) is 5. The highest BCUT2D eigenvalue weighted by Gasteiger charge is 2.42. The zero-order chi connectivity index (χ0) is 58.1. The molecule has 0 radical (unpaired) electrons. The molecule has 1 aromatic carbocycles. The van der Waals surface area contributed by atoms with Crippen LogP contribution in [0, 0.1) is 23.7 Å². The largest absolute Gasteiger partial charge is 0.379 e. The Morgan fingerprint density at radius 3 is 1.91 bits per heavy atom. The summed E-state index contributed by atoms with van der Waals surface area (Å²) in [5.41, 5.74) is 0.454. The standard InChI is InChI=1S/C54H89N9O14S/c1-13-36(6)50(61(10)47(69)33-56-54(72)49(35(4)5)60(8)9)41(73-11)31-46(68)62-23-14-15-40(62)51(74-12)37(7)52(70)59-78-39-18-16-38(17-19-39)57-43(65)32-55-53(71)48(34(2)3)58-42(64)22-25-75-27-29-77-30-28-76-26-24-63-44(66)20-21-45(63)67/h16-19,34-37,40-41,48-51H,13-15,20-33H2,1-12H3,(H,55,71)(H,56,72)(H,57,65)(H,58,64)(H,59,70)/t36-,37+,40-,41+,48?,49?,50-,51+/m0/s1. The molecule has 0 aliphatic carbocycles. The van der Waals surface area contributed by atoms with E-state index < -0.39 is 54.0 Å². The van der Waals surface area contributed by atoms with Crippen LogP contribution in [0.5, 0.6) is 0 Å². The zero-order valence-corrected chi connectivity index (χ0v) is 48.8. The second-order valence-corrected chi connectivity index (χ2v) is 21.6. The summed E-state index contributed by atoms with van der Waals surface area (Å²) >= 11 is 1.09. The predicted molar refractivity (Wildman–Crippen MR) is 293 cm³/mol. The van der Waals surface area contributed by atoms with Crippen molar-refractivity contribution in [3.05, 3.63) is 24.3 Å². The third kappa shape index (κ3) is 21.4. The Balaban J connectivity index is 1.42. The smallest absolute Gasteiger partial charge is 0.243 e. The van der Waals surface area contributed by atoms with E-state index in [1.807, 2.05) is 46.7 Å². The second kappa shape index (κ2) is 34.7. The van der Waals surface area contributed by atoms with Crippen molar-refractivity contribution in [2.75, 3.05) is 106 Å². The number of nitrogens with zero attached hydrogens (tertiary/aromatic N) is 4. The van der Waals surface area contributed by atoms with E-state index in [9.17, 15) is 43.2 Å². The fourth-order valence-electron chi connectivity index (χ4n) is 9.66. The first-order valence-corrected chi connectivity index (χ1v) is 27.9. The van der Waals surface area contributed by atoms with Gasteiger partial charge in [0.25, 0.3) is 0 Å². The molecule has 0 bridgehead atoms. The van der Waals surface area contributed by atoms with Gasteiger partial charge < -0.3 is 54.8 Å². The van der Waals surface area contributed by atoms with E-state index in [-0.39, 0.29) is 138 Å². The summed E-state index contributed by atoms with van der Waals surface area (Å²) in [4.78, 5) is 123. The highest BCUT2D eigenvalue weighted by Crippen LogP contribution is 2.30. The number of hydrogen-bond donors (Lipinski definition) is 5. The van der Waals surface area contributed by atoms with Crippen molar-refractivity contribution in [1.29, 1.82) is 0 Å². The monoisotopic (exact) mass is 1120 g/mol. The lowest BCUT2D eigenvalue weighted by molar-refractivity contribution is -0.145. The van der Waals surface area contributed by atoms with Gasteiger partial charge in [-0.1, -0.05) is 54.9 Å². The number of nitrogens with one attached hydrogen (secondary N) is 5. The van der Waals surface area contributed by atoms with Crippen LogP contribution in [0.3, 0.4) is 0 Å². The number of hydrogen-bond acceptors (Lipinski definition) is 16. The number of carbonyl (C=O) groups is 9. The molecule has 0 aromatic heterocycles. The van der Waals surface area contributed by atoms with Crippen molar-refractivity contribution in [1.82, 2.24) is 40.3 Å². The Hall–Kier alpha value is -5.24. The van der Waals surface area contributed by atoms with Crippen molar-refractivity contribution >= 4 is 70.8 Å². The van der Waals surface area contributed by atoms with E-state index in [4.69, 9.17) is 23.7 Å². The molecule has 0 spiro atoms. The van der Waals surface area contributed by atoms with Crippen LogP contribution in [0.2, 0.25) is 0 Å².